The predicted molar refractivity (Wildman–Crippen MR) is 121 cm³/mol. The van der Waals surface area contributed by atoms with Crippen molar-refractivity contribution in [1.82, 2.24) is 25.4 Å². The average Bonchev–Trinajstić information content (AvgIpc) is 3.19. The van der Waals surface area contributed by atoms with Crippen molar-refractivity contribution in [3.8, 4) is 17.1 Å². The SMILES string of the molecule is CCOC(=O)C1=C(Cn2nc(C)nc2-c2ccccc2)NC(=O)NC1c1ccc(OC)cc1. The number of aromatic nitrogens is 3. The Hall–Kier alpha value is -4.14. The maximum atomic E-state index is 13.0. The molecule has 4 rings (SSSR count). The van der Waals surface area contributed by atoms with Crippen molar-refractivity contribution in [2.75, 3.05) is 13.7 Å². The number of benzene rings is 2. The molecule has 170 valence electrons. The zero-order valence-corrected chi connectivity index (χ0v) is 18.7. The van der Waals surface area contributed by atoms with E-state index in [1.165, 1.54) is 0 Å². The number of esters is 1. The van der Waals surface area contributed by atoms with Crippen LogP contribution in [0.4, 0.5) is 4.79 Å². The highest BCUT2D eigenvalue weighted by atomic mass is 16.5. The summed E-state index contributed by atoms with van der Waals surface area (Å²) in [5.74, 6) is 1.38. The molecule has 1 aliphatic rings. The maximum Gasteiger partial charge on any atom is 0.338 e. The lowest BCUT2D eigenvalue weighted by molar-refractivity contribution is -0.139. The Balaban J connectivity index is 1.79. The quantitative estimate of drug-likeness (QED) is 0.539. The summed E-state index contributed by atoms with van der Waals surface area (Å²) in [7, 11) is 1.58. The molecule has 0 radical (unpaired) electrons. The third-order valence-electron chi connectivity index (χ3n) is 5.22. The third kappa shape index (κ3) is 4.72. The van der Waals surface area contributed by atoms with Crippen LogP contribution < -0.4 is 15.4 Å². The van der Waals surface area contributed by atoms with E-state index in [2.05, 4.69) is 20.7 Å². The summed E-state index contributed by atoms with van der Waals surface area (Å²) in [6.45, 7) is 3.88. The van der Waals surface area contributed by atoms with Crippen LogP contribution in [0.25, 0.3) is 11.4 Å². The largest absolute Gasteiger partial charge is 0.497 e. The summed E-state index contributed by atoms with van der Waals surface area (Å²) in [5.41, 5.74) is 2.32. The van der Waals surface area contributed by atoms with E-state index in [4.69, 9.17) is 9.47 Å². The Morgan fingerprint density at radius 1 is 1.12 bits per heavy atom. The molecule has 33 heavy (non-hydrogen) atoms. The monoisotopic (exact) mass is 447 g/mol. The molecule has 0 saturated carbocycles. The van der Waals surface area contributed by atoms with Crippen molar-refractivity contribution >= 4 is 12.0 Å². The van der Waals surface area contributed by atoms with E-state index in [1.807, 2.05) is 30.3 Å². The number of allylic oxidation sites excluding steroid dienone is 1. The van der Waals surface area contributed by atoms with Gasteiger partial charge in [-0.15, -0.1) is 0 Å². The Labute approximate surface area is 191 Å². The van der Waals surface area contributed by atoms with Crippen LogP contribution in [0.15, 0.2) is 65.9 Å². The minimum absolute atomic E-state index is 0.138. The van der Waals surface area contributed by atoms with E-state index in [0.717, 1.165) is 11.1 Å². The molecule has 2 aromatic carbocycles. The maximum absolute atomic E-state index is 13.0. The highest BCUT2D eigenvalue weighted by molar-refractivity contribution is 5.95. The number of aryl methyl sites for hydroxylation is 1. The number of rotatable bonds is 7. The van der Waals surface area contributed by atoms with Gasteiger partial charge in [-0.25, -0.2) is 19.3 Å². The van der Waals surface area contributed by atoms with E-state index >= 15 is 0 Å². The van der Waals surface area contributed by atoms with Gasteiger partial charge in [0.15, 0.2) is 5.82 Å². The first-order valence-electron chi connectivity index (χ1n) is 10.6. The second-order valence-corrected chi connectivity index (χ2v) is 7.42. The van der Waals surface area contributed by atoms with Gasteiger partial charge in [0.25, 0.3) is 0 Å². The highest BCUT2D eigenvalue weighted by Crippen LogP contribution is 2.30. The second kappa shape index (κ2) is 9.56. The molecule has 9 heteroatoms. The van der Waals surface area contributed by atoms with Crippen LogP contribution in [0.3, 0.4) is 0 Å². The zero-order chi connectivity index (χ0) is 23.4. The van der Waals surface area contributed by atoms with E-state index in [-0.39, 0.29) is 13.2 Å². The number of carbonyl (C=O) groups is 2. The van der Waals surface area contributed by atoms with Gasteiger partial charge in [-0.3, -0.25) is 0 Å². The summed E-state index contributed by atoms with van der Waals surface area (Å²) < 4.78 is 12.2. The topological polar surface area (TPSA) is 107 Å². The molecule has 0 saturated heterocycles. The van der Waals surface area contributed by atoms with Crippen LogP contribution >= 0.6 is 0 Å². The van der Waals surface area contributed by atoms with Gasteiger partial charge in [-0.2, -0.15) is 5.10 Å². The van der Waals surface area contributed by atoms with Crippen molar-refractivity contribution in [3.05, 3.63) is 77.3 Å². The molecule has 0 aliphatic carbocycles. The Morgan fingerprint density at radius 2 is 1.85 bits per heavy atom. The molecule has 0 spiro atoms. The molecule has 2 N–H and O–H groups in total. The van der Waals surface area contributed by atoms with Gasteiger partial charge >= 0.3 is 12.0 Å². The van der Waals surface area contributed by atoms with E-state index in [1.54, 1.807) is 49.9 Å². The molecule has 9 nitrogen and oxygen atoms in total. The van der Waals surface area contributed by atoms with Crippen LogP contribution in [-0.2, 0) is 16.1 Å². The first-order chi connectivity index (χ1) is 16.0. The number of urea groups is 1. The summed E-state index contributed by atoms with van der Waals surface area (Å²) in [6, 6.07) is 15.7. The number of hydrogen-bond acceptors (Lipinski definition) is 6. The van der Waals surface area contributed by atoms with Gasteiger partial charge in [0.2, 0.25) is 0 Å². The van der Waals surface area contributed by atoms with Crippen LogP contribution in [-0.4, -0.2) is 40.5 Å². The average molecular weight is 447 g/mol. The van der Waals surface area contributed by atoms with Crippen molar-refractivity contribution < 1.29 is 19.1 Å². The fourth-order valence-electron chi connectivity index (χ4n) is 3.76. The van der Waals surface area contributed by atoms with Gasteiger partial charge < -0.3 is 20.1 Å². The fraction of sp³-hybridized carbons (Fsp3) is 0.250. The molecule has 0 fully saturated rings. The number of amides is 2. The van der Waals surface area contributed by atoms with E-state index in [9.17, 15) is 9.59 Å². The lowest BCUT2D eigenvalue weighted by atomic mass is 9.95. The number of ether oxygens (including phenoxy) is 2. The van der Waals surface area contributed by atoms with Crippen molar-refractivity contribution in [2.45, 2.75) is 26.4 Å². The zero-order valence-electron chi connectivity index (χ0n) is 18.7. The number of nitrogens with one attached hydrogen (secondary N) is 2. The first-order valence-corrected chi connectivity index (χ1v) is 10.6. The van der Waals surface area contributed by atoms with E-state index < -0.39 is 18.0 Å². The molecule has 1 aliphatic heterocycles. The summed E-state index contributed by atoms with van der Waals surface area (Å²) >= 11 is 0. The lowest BCUT2D eigenvalue weighted by Gasteiger charge is -2.29. The molecule has 2 amide bonds. The second-order valence-electron chi connectivity index (χ2n) is 7.42. The highest BCUT2D eigenvalue weighted by Gasteiger charge is 2.34. The molecular weight excluding hydrogens is 422 g/mol. The molecule has 2 heterocycles. The summed E-state index contributed by atoms with van der Waals surface area (Å²) in [5, 5.41) is 10.1. The van der Waals surface area contributed by atoms with Gasteiger partial charge in [-0.1, -0.05) is 42.5 Å². The molecular formula is C24H25N5O4. The van der Waals surface area contributed by atoms with Crippen LogP contribution in [0.2, 0.25) is 0 Å². The molecule has 1 aromatic heterocycles. The van der Waals surface area contributed by atoms with E-state index in [0.29, 0.717) is 28.7 Å². The van der Waals surface area contributed by atoms with Gasteiger partial charge in [0, 0.05) is 5.56 Å². The lowest BCUT2D eigenvalue weighted by Crippen LogP contribution is -2.47. The summed E-state index contributed by atoms with van der Waals surface area (Å²) in [6.07, 6.45) is 0. The standard InChI is InChI=1S/C24H25N5O4/c1-4-33-23(30)20-19(14-29-22(25-15(2)28-29)17-8-6-5-7-9-17)26-24(31)27-21(20)16-10-12-18(32-3)13-11-16/h5-13,21H,4,14H2,1-3H3,(H2,26,27,31). The van der Waals surface area contributed by atoms with Crippen molar-refractivity contribution in [2.24, 2.45) is 0 Å². The third-order valence-corrected chi connectivity index (χ3v) is 5.22. The van der Waals surface area contributed by atoms with Gasteiger partial charge in [0.05, 0.1) is 37.6 Å². The Bertz CT molecular complexity index is 1190. The van der Waals surface area contributed by atoms with Crippen molar-refractivity contribution in [1.29, 1.82) is 0 Å². The minimum Gasteiger partial charge on any atom is -0.497 e. The Morgan fingerprint density at radius 3 is 2.52 bits per heavy atom. The fourth-order valence-corrected chi connectivity index (χ4v) is 3.76. The molecule has 1 unspecified atom stereocenters. The van der Waals surface area contributed by atoms with Crippen LogP contribution in [0, 0.1) is 6.92 Å². The summed E-state index contributed by atoms with van der Waals surface area (Å²) in [4.78, 5) is 30.1. The van der Waals surface area contributed by atoms with Crippen molar-refractivity contribution in [3.63, 3.8) is 0 Å². The minimum atomic E-state index is -0.691. The molecule has 3 aromatic rings. The number of hydrogen-bond donors (Lipinski definition) is 2. The molecule has 0 bridgehead atoms. The molecule has 1 atom stereocenters. The normalized spacial score (nSPS) is 15.6. The number of carbonyl (C=O) groups excluding carboxylic acids is 2. The van der Waals surface area contributed by atoms with Crippen LogP contribution in [0.1, 0.15) is 24.4 Å². The predicted octanol–water partition coefficient (Wildman–Crippen LogP) is 3.13. The van der Waals surface area contributed by atoms with Gasteiger partial charge in [0.1, 0.15) is 11.6 Å². The smallest absolute Gasteiger partial charge is 0.338 e. The van der Waals surface area contributed by atoms with Crippen LogP contribution in [0.5, 0.6) is 5.75 Å². The number of methoxy groups -OCH3 is 1. The number of nitrogens with zero attached hydrogens (tertiary/aromatic N) is 3. The Kier molecular flexibility index (Phi) is 6.39. The first kappa shape index (κ1) is 22.1. The van der Waals surface area contributed by atoms with Gasteiger partial charge in [-0.05, 0) is 31.5 Å².